The third-order valence-corrected chi connectivity index (χ3v) is 4.18. The van der Waals surface area contributed by atoms with Gasteiger partial charge in [-0.05, 0) is 46.6 Å². The average molecular weight is 349 g/mol. The lowest BCUT2D eigenvalue weighted by Crippen LogP contribution is -2.32. The van der Waals surface area contributed by atoms with E-state index in [2.05, 4.69) is 20.9 Å². The first kappa shape index (κ1) is 13.9. The molecule has 3 rings (SSSR count). The highest BCUT2D eigenvalue weighted by atomic mass is 79.9. The molecule has 1 aromatic heterocycles. The van der Waals surface area contributed by atoms with E-state index in [-0.39, 0.29) is 11.8 Å². The molecule has 0 saturated carbocycles. The Morgan fingerprint density at radius 1 is 1.19 bits per heavy atom. The van der Waals surface area contributed by atoms with Crippen molar-refractivity contribution < 1.29 is 14.0 Å². The van der Waals surface area contributed by atoms with E-state index in [0.717, 1.165) is 4.90 Å². The fourth-order valence-corrected chi connectivity index (χ4v) is 2.99. The Morgan fingerprint density at radius 2 is 1.76 bits per heavy atom. The molecule has 0 N–H and O–H groups in total. The second-order valence-electron chi connectivity index (χ2n) is 4.73. The average Bonchev–Trinajstić information content (AvgIpc) is 2.73. The summed E-state index contributed by atoms with van der Waals surface area (Å²) in [6.45, 7) is 1.68. The zero-order valence-corrected chi connectivity index (χ0v) is 12.6. The fourth-order valence-electron chi connectivity index (χ4n) is 2.45. The third-order valence-electron chi connectivity index (χ3n) is 3.51. The number of halogens is 2. The van der Waals surface area contributed by atoms with E-state index >= 15 is 0 Å². The molecule has 2 heterocycles. The van der Waals surface area contributed by atoms with E-state index in [1.807, 2.05) is 0 Å². The van der Waals surface area contributed by atoms with Crippen LogP contribution in [0, 0.1) is 5.95 Å². The van der Waals surface area contributed by atoms with Crippen molar-refractivity contribution in [3.63, 3.8) is 0 Å². The van der Waals surface area contributed by atoms with Crippen LogP contribution < -0.4 is 0 Å². The number of amides is 2. The van der Waals surface area contributed by atoms with Gasteiger partial charge in [-0.2, -0.15) is 4.39 Å². The minimum Gasteiger partial charge on any atom is -0.269 e. The summed E-state index contributed by atoms with van der Waals surface area (Å²) in [7, 11) is 0. The Labute approximate surface area is 128 Å². The summed E-state index contributed by atoms with van der Waals surface area (Å²) in [6.07, 6.45) is 1.32. The largest absolute Gasteiger partial charge is 0.269 e. The van der Waals surface area contributed by atoms with E-state index in [1.165, 1.54) is 12.3 Å². The molecule has 1 aromatic carbocycles. The SMILES string of the molecule is CC(c1cc(F)ncc1Br)N1C(=O)c2ccccc2C1=O. The number of carbonyl (C=O) groups is 2. The second-order valence-corrected chi connectivity index (χ2v) is 5.58. The zero-order chi connectivity index (χ0) is 15.1. The Hall–Kier alpha value is -2.08. The number of carbonyl (C=O) groups excluding carboxylic acids is 2. The van der Waals surface area contributed by atoms with Crippen molar-refractivity contribution >= 4 is 27.7 Å². The number of rotatable bonds is 2. The summed E-state index contributed by atoms with van der Waals surface area (Å²) < 4.78 is 13.9. The van der Waals surface area contributed by atoms with Crippen LogP contribution in [-0.2, 0) is 0 Å². The van der Waals surface area contributed by atoms with E-state index in [4.69, 9.17) is 0 Å². The van der Waals surface area contributed by atoms with E-state index in [0.29, 0.717) is 21.2 Å². The molecule has 21 heavy (non-hydrogen) atoms. The minimum atomic E-state index is -0.656. The molecule has 0 radical (unpaired) electrons. The maximum atomic E-state index is 13.3. The molecular weight excluding hydrogens is 339 g/mol. The lowest BCUT2D eigenvalue weighted by atomic mass is 10.1. The molecule has 1 atom stereocenters. The molecule has 2 amide bonds. The van der Waals surface area contributed by atoms with Gasteiger partial charge in [0.25, 0.3) is 11.8 Å². The number of nitrogens with zero attached hydrogens (tertiary/aromatic N) is 2. The smallest absolute Gasteiger partial charge is 0.262 e. The summed E-state index contributed by atoms with van der Waals surface area (Å²) >= 11 is 3.27. The molecule has 106 valence electrons. The first-order chi connectivity index (χ1) is 10.0. The van der Waals surface area contributed by atoms with E-state index in [9.17, 15) is 14.0 Å². The van der Waals surface area contributed by atoms with Crippen molar-refractivity contribution in [3.05, 3.63) is 63.6 Å². The summed E-state index contributed by atoms with van der Waals surface area (Å²) in [5.74, 6) is -1.39. The van der Waals surface area contributed by atoms with Crippen LogP contribution in [0.25, 0.3) is 0 Å². The molecule has 1 aliphatic heterocycles. The van der Waals surface area contributed by atoms with Gasteiger partial charge >= 0.3 is 0 Å². The number of hydrogen-bond donors (Lipinski definition) is 0. The fraction of sp³-hybridized carbons (Fsp3) is 0.133. The normalized spacial score (nSPS) is 15.3. The van der Waals surface area contributed by atoms with Gasteiger partial charge in [0.2, 0.25) is 5.95 Å². The van der Waals surface area contributed by atoms with Crippen molar-refractivity contribution in [2.45, 2.75) is 13.0 Å². The summed E-state index contributed by atoms with van der Waals surface area (Å²) in [5, 5.41) is 0. The minimum absolute atomic E-state index is 0.368. The predicted octanol–water partition coefficient (Wildman–Crippen LogP) is 3.34. The lowest BCUT2D eigenvalue weighted by molar-refractivity contribution is 0.0594. The van der Waals surface area contributed by atoms with Gasteiger partial charge in [0.05, 0.1) is 17.2 Å². The van der Waals surface area contributed by atoms with Crippen LogP contribution in [-0.4, -0.2) is 21.7 Å². The Bertz CT molecular complexity index is 728. The van der Waals surface area contributed by atoms with Crippen molar-refractivity contribution in [2.75, 3.05) is 0 Å². The van der Waals surface area contributed by atoms with Gasteiger partial charge in [-0.15, -0.1) is 0 Å². The molecule has 4 nitrogen and oxygen atoms in total. The van der Waals surface area contributed by atoms with Crippen LogP contribution >= 0.6 is 15.9 Å². The van der Waals surface area contributed by atoms with Crippen molar-refractivity contribution in [3.8, 4) is 0 Å². The molecule has 0 aliphatic carbocycles. The van der Waals surface area contributed by atoms with Crippen LogP contribution in [0.3, 0.4) is 0 Å². The molecule has 0 bridgehead atoms. The van der Waals surface area contributed by atoms with Crippen molar-refractivity contribution in [1.82, 2.24) is 9.88 Å². The highest BCUT2D eigenvalue weighted by Gasteiger charge is 2.39. The Balaban J connectivity index is 2.04. The summed E-state index contributed by atoms with van der Waals surface area (Å²) in [4.78, 5) is 29.5. The molecule has 0 spiro atoms. The predicted molar refractivity (Wildman–Crippen MR) is 77.3 cm³/mol. The highest BCUT2D eigenvalue weighted by Crippen LogP contribution is 2.33. The van der Waals surface area contributed by atoms with Crippen molar-refractivity contribution in [2.24, 2.45) is 0 Å². The van der Waals surface area contributed by atoms with Crippen LogP contribution in [0.15, 0.2) is 41.0 Å². The molecule has 1 unspecified atom stereocenters. The second kappa shape index (κ2) is 5.04. The van der Waals surface area contributed by atoms with Crippen LogP contribution in [0.1, 0.15) is 39.2 Å². The zero-order valence-electron chi connectivity index (χ0n) is 11.0. The molecule has 2 aromatic rings. The topological polar surface area (TPSA) is 50.3 Å². The number of aromatic nitrogens is 1. The number of fused-ring (bicyclic) bond motifs is 1. The quantitative estimate of drug-likeness (QED) is 0.617. The van der Waals surface area contributed by atoms with E-state index in [1.54, 1.807) is 31.2 Å². The molecule has 0 saturated heterocycles. The third kappa shape index (κ3) is 2.15. The van der Waals surface area contributed by atoms with Gasteiger partial charge in [0, 0.05) is 10.7 Å². The Morgan fingerprint density at radius 3 is 2.33 bits per heavy atom. The molecule has 1 aliphatic rings. The van der Waals surface area contributed by atoms with Gasteiger partial charge in [-0.25, -0.2) is 4.98 Å². The Kier molecular flexibility index (Phi) is 3.33. The van der Waals surface area contributed by atoms with E-state index < -0.39 is 12.0 Å². The maximum Gasteiger partial charge on any atom is 0.262 e. The molecule has 6 heteroatoms. The lowest BCUT2D eigenvalue weighted by Gasteiger charge is -2.23. The van der Waals surface area contributed by atoms with Crippen molar-refractivity contribution in [1.29, 1.82) is 0 Å². The molecular formula is C15H10BrFN2O2. The van der Waals surface area contributed by atoms with Gasteiger partial charge in [-0.3, -0.25) is 14.5 Å². The summed E-state index contributed by atoms with van der Waals surface area (Å²) in [5.41, 5.74) is 1.25. The number of imide groups is 1. The summed E-state index contributed by atoms with van der Waals surface area (Å²) in [6, 6.07) is 7.28. The molecule has 0 fully saturated rings. The van der Waals surface area contributed by atoms with Crippen LogP contribution in [0.4, 0.5) is 4.39 Å². The number of benzene rings is 1. The number of hydrogen-bond acceptors (Lipinski definition) is 3. The maximum absolute atomic E-state index is 13.3. The highest BCUT2D eigenvalue weighted by molar-refractivity contribution is 9.10. The monoisotopic (exact) mass is 348 g/mol. The van der Waals surface area contributed by atoms with Gasteiger partial charge in [0.15, 0.2) is 0 Å². The number of pyridine rings is 1. The van der Waals surface area contributed by atoms with Crippen LogP contribution in [0.2, 0.25) is 0 Å². The standard InChI is InChI=1S/C15H10BrFN2O2/c1-8(11-6-13(17)18-7-12(11)16)19-14(20)9-4-2-3-5-10(9)15(19)21/h2-8H,1H3. The van der Waals surface area contributed by atoms with Gasteiger partial charge < -0.3 is 0 Å². The van der Waals surface area contributed by atoms with Crippen LogP contribution in [0.5, 0.6) is 0 Å². The first-order valence-electron chi connectivity index (χ1n) is 6.28. The first-order valence-corrected chi connectivity index (χ1v) is 7.08. The van der Waals surface area contributed by atoms with Gasteiger partial charge in [0.1, 0.15) is 0 Å². The van der Waals surface area contributed by atoms with Gasteiger partial charge in [-0.1, -0.05) is 12.1 Å².